The van der Waals surface area contributed by atoms with E-state index >= 15 is 0 Å². The summed E-state index contributed by atoms with van der Waals surface area (Å²) in [7, 11) is -1.14. The smallest absolute Gasteiger partial charge is 0.339 e. The molecule has 0 aliphatic heterocycles. The van der Waals surface area contributed by atoms with Crippen LogP contribution in [0.1, 0.15) is 21.5 Å². The molecule has 178 valence electrons. The highest BCUT2D eigenvalue weighted by Crippen LogP contribution is 2.34. The van der Waals surface area contributed by atoms with Crippen molar-refractivity contribution in [2.45, 2.75) is 11.8 Å². The van der Waals surface area contributed by atoms with E-state index < -0.39 is 16.0 Å². The first-order valence-corrected chi connectivity index (χ1v) is 12.7. The minimum atomic E-state index is -4.11. The normalized spacial score (nSPS) is 11.3. The number of carbonyl (C=O) groups excluding carboxylic acids is 1. The van der Waals surface area contributed by atoms with Gasteiger partial charge in [0, 0.05) is 15.6 Å². The summed E-state index contributed by atoms with van der Waals surface area (Å²) in [5, 5.41) is 3.96. The number of rotatable bonds is 8. The first-order valence-electron chi connectivity index (χ1n) is 9.70. The average molecular weight is 612 g/mol. The fourth-order valence-electron chi connectivity index (χ4n) is 2.83. The molecule has 0 saturated heterocycles. The van der Waals surface area contributed by atoms with Crippen LogP contribution in [0.4, 0.5) is 0 Å². The number of amides is 1. The quantitative estimate of drug-likeness (QED) is 0.217. The molecule has 11 heteroatoms. The summed E-state index contributed by atoms with van der Waals surface area (Å²) >= 11 is 6.68. The molecule has 0 aromatic heterocycles. The molecule has 0 unspecified atom stereocenters. The summed E-state index contributed by atoms with van der Waals surface area (Å²) in [5.74, 6) is 0.402. The molecule has 3 aromatic carbocycles. The van der Waals surface area contributed by atoms with Gasteiger partial charge in [0.15, 0.2) is 17.2 Å². The summed E-state index contributed by atoms with van der Waals surface area (Å²) in [6.45, 7) is 1.85. The SMILES string of the molecule is COc1ccc(C(=O)N/N=C/c2cc(Br)cc(Br)c2OS(=O)(=O)c2ccc(C)cc2)cc1OC. The van der Waals surface area contributed by atoms with Crippen LogP contribution in [0.15, 0.2) is 73.5 Å². The molecule has 0 aliphatic carbocycles. The predicted octanol–water partition coefficient (Wildman–Crippen LogP) is 5.07. The first kappa shape index (κ1) is 25.7. The van der Waals surface area contributed by atoms with Crippen LogP contribution in [-0.4, -0.2) is 34.8 Å². The Morgan fingerprint density at radius 1 is 0.971 bits per heavy atom. The van der Waals surface area contributed by atoms with E-state index in [2.05, 4.69) is 42.4 Å². The summed E-state index contributed by atoms with van der Waals surface area (Å²) < 4.78 is 42.4. The van der Waals surface area contributed by atoms with Gasteiger partial charge in [0.1, 0.15) is 4.90 Å². The van der Waals surface area contributed by atoms with Gasteiger partial charge in [-0.3, -0.25) is 4.79 Å². The predicted molar refractivity (Wildman–Crippen MR) is 135 cm³/mol. The van der Waals surface area contributed by atoms with Crippen LogP contribution in [0, 0.1) is 6.92 Å². The van der Waals surface area contributed by atoms with Crippen LogP contribution >= 0.6 is 31.9 Å². The van der Waals surface area contributed by atoms with Gasteiger partial charge >= 0.3 is 10.1 Å². The maximum Gasteiger partial charge on any atom is 0.339 e. The number of hydrogen-bond donors (Lipinski definition) is 1. The van der Waals surface area contributed by atoms with Gasteiger partial charge in [-0.1, -0.05) is 33.6 Å². The number of hydrazone groups is 1. The zero-order valence-electron chi connectivity index (χ0n) is 18.3. The van der Waals surface area contributed by atoms with E-state index in [9.17, 15) is 13.2 Å². The third kappa shape index (κ3) is 6.16. The Balaban J connectivity index is 1.85. The third-order valence-corrected chi connectivity index (χ3v) is 6.84. The molecular formula is C23H20Br2N2O6S. The van der Waals surface area contributed by atoms with Gasteiger partial charge in [-0.2, -0.15) is 13.5 Å². The van der Waals surface area contributed by atoms with Gasteiger partial charge < -0.3 is 13.7 Å². The largest absolute Gasteiger partial charge is 0.493 e. The maximum atomic E-state index is 12.8. The molecule has 0 atom stereocenters. The number of methoxy groups -OCH3 is 2. The lowest BCUT2D eigenvalue weighted by Crippen LogP contribution is -2.18. The van der Waals surface area contributed by atoms with Crippen molar-refractivity contribution in [3.05, 3.63) is 80.2 Å². The Bertz CT molecular complexity index is 1340. The lowest BCUT2D eigenvalue weighted by molar-refractivity contribution is 0.0954. The van der Waals surface area contributed by atoms with Crippen molar-refractivity contribution in [3.63, 3.8) is 0 Å². The van der Waals surface area contributed by atoms with Crippen molar-refractivity contribution in [1.82, 2.24) is 5.43 Å². The summed E-state index contributed by atoms with van der Waals surface area (Å²) in [5.41, 5.74) is 3.92. The molecule has 3 rings (SSSR count). The number of carbonyl (C=O) groups is 1. The number of halogens is 2. The Kier molecular flexibility index (Phi) is 8.34. The van der Waals surface area contributed by atoms with Crippen LogP contribution in [0.25, 0.3) is 0 Å². The molecule has 3 aromatic rings. The van der Waals surface area contributed by atoms with Gasteiger partial charge in [0.05, 0.1) is 24.9 Å². The zero-order valence-corrected chi connectivity index (χ0v) is 22.3. The number of nitrogens with one attached hydrogen (secondary N) is 1. The van der Waals surface area contributed by atoms with Crippen LogP contribution in [-0.2, 0) is 10.1 Å². The molecule has 8 nitrogen and oxygen atoms in total. The Labute approximate surface area is 214 Å². The summed E-state index contributed by atoms with van der Waals surface area (Å²) in [6, 6.07) is 14.2. The van der Waals surface area contributed by atoms with E-state index in [1.165, 1.54) is 38.6 Å². The molecule has 0 aliphatic rings. The molecule has 34 heavy (non-hydrogen) atoms. The Morgan fingerprint density at radius 3 is 2.29 bits per heavy atom. The van der Waals surface area contributed by atoms with E-state index in [0.29, 0.717) is 31.6 Å². The van der Waals surface area contributed by atoms with Gasteiger partial charge in [-0.15, -0.1) is 0 Å². The molecule has 1 amide bonds. The van der Waals surface area contributed by atoms with Crippen LogP contribution in [0.5, 0.6) is 17.2 Å². The lowest BCUT2D eigenvalue weighted by Gasteiger charge is -2.12. The highest BCUT2D eigenvalue weighted by Gasteiger charge is 2.21. The van der Waals surface area contributed by atoms with E-state index in [1.54, 1.807) is 36.4 Å². The van der Waals surface area contributed by atoms with E-state index in [0.717, 1.165) is 5.56 Å². The van der Waals surface area contributed by atoms with Crippen molar-refractivity contribution < 1.29 is 26.9 Å². The Morgan fingerprint density at radius 2 is 1.65 bits per heavy atom. The monoisotopic (exact) mass is 610 g/mol. The fourth-order valence-corrected chi connectivity index (χ4v) is 5.25. The van der Waals surface area contributed by atoms with E-state index in [1.807, 2.05) is 6.92 Å². The van der Waals surface area contributed by atoms with Gasteiger partial charge in [0.2, 0.25) is 0 Å². The minimum Gasteiger partial charge on any atom is -0.493 e. The van der Waals surface area contributed by atoms with Crippen molar-refractivity contribution in [1.29, 1.82) is 0 Å². The topological polar surface area (TPSA) is 103 Å². The van der Waals surface area contributed by atoms with Gasteiger partial charge in [-0.25, -0.2) is 5.43 Å². The Hall–Kier alpha value is -2.89. The zero-order chi connectivity index (χ0) is 24.9. The second-order valence-electron chi connectivity index (χ2n) is 6.93. The van der Waals surface area contributed by atoms with E-state index in [-0.39, 0.29) is 10.6 Å². The molecule has 0 spiro atoms. The second kappa shape index (κ2) is 11.0. The summed E-state index contributed by atoms with van der Waals surface area (Å²) in [4.78, 5) is 12.5. The van der Waals surface area contributed by atoms with Crippen LogP contribution < -0.4 is 19.1 Å². The van der Waals surface area contributed by atoms with Crippen LogP contribution in [0.2, 0.25) is 0 Å². The molecule has 0 radical (unpaired) electrons. The first-order chi connectivity index (χ1) is 16.1. The van der Waals surface area contributed by atoms with Crippen molar-refractivity contribution in [3.8, 4) is 17.2 Å². The summed E-state index contributed by atoms with van der Waals surface area (Å²) in [6.07, 6.45) is 1.29. The maximum absolute atomic E-state index is 12.8. The number of hydrogen-bond acceptors (Lipinski definition) is 7. The highest BCUT2D eigenvalue weighted by atomic mass is 79.9. The number of benzene rings is 3. The standard InChI is InChI=1S/C23H20Br2N2O6S/c1-14-4-7-18(8-5-14)34(29,30)33-22-16(10-17(24)12-19(22)25)13-26-27-23(28)15-6-9-20(31-2)21(11-15)32-3/h4-13H,1-3H3,(H,27,28)/b26-13+. The van der Waals surface area contributed by atoms with Gasteiger partial charge in [-0.05, 0) is 65.3 Å². The molecule has 0 fully saturated rings. The molecule has 0 heterocycles. The third-order valence-electron chi connectivity index (χ3n) is 4.56. The average Bonchev–Trinajstić information content (AvgIpc) is 2.80. The van der Waals surface area contributed by atoms with Crippen LogP contribution in [0.3, 0.4) is 0 Å². The fraction of sp³-hybridized carbons (Fsp3) is 0.130. The number of aryl methyl sites for hydroxylation is 1. The molecule has 0 saturated carbocycles. The molecular weight excluding hydrogens is 592 g/mol. The highest BCUT2D eigenvalue weighted by molar-refractivity contribution is 9.11. The molecule has 0 bridgehead atoms. The van der Waals surface area contributed by atoms with Crippen molar-refractivity contribution >= 4 is 54.1 Å². The van der Waals surface area contributed by atoms with Crippen molar-refractivity contribution in [2.24, 2.45) is 5.10 Å². The number of nitrogens with zero attached hydrogens (tertiary/aromatic N) is 1. The minimum absolute atomic E-state index is 0.0116. The van der Waals surface area contributed by atoms with E-state index in [4.69, 9.17) is 13.7 Å². The van der Waals surface area contributed by atoms with Crippen molar-refractivity contribution in [2.75, 3.05) is 14.2 Å². The molecule has 1 N–H and O–H groups in total. The van der Waals surface area contributed by atoms with Gasteiger partial charge in [0.25, 0.3) is 5.91 Å². The second-order valence-corrected chi connectivity index (χ2v) is 10.2. The number of ether oxygens (including phenoxy) is 2. The lowest BCUT2D eigenvalue weighted by atomic mass is 10.2.